The molecule has 0 fully saturated rings. The SMILES string of the molecule is CN=C(NCCCn1ccc2ccccc21)NCc1cn2ccsc2n1. The first-order valence-electron chi connectivity index (χ1n) is 8.73. The lowest BCUT2D eigenvalue weighted by molar-refractivity contribution is 0.640. The minimum atomic E-state index is 0.663. The molecule has 4 aromatic rings. The van der Waals surface area contributed by atoms with Crippen molar-refractivity contribution in [3.63, 3.8) is 0 Å². The Kier molecular flexibility index (Phi) is 4.88. The fourth-order valence-corrected chi connectivity index (χ4v) is 3.77. The van der Waals surface area contributed by atoms with Gasteiger partial charge in [-0.3, -0.25) is 9.39 Å². The number of hydrogen-bond acceptors (Lipinski definition) is 3. The molecule has 0 aliphatic carbocycles. The number of nitrogens with one attached hydrogen (secondary N) is 2. The minimum Gasteiger partial charge on any atom is -0.356 e. The van der Waals surface area contributed by atoms with Gasteiger partial charge >= 0.3 is 0 Å². The van der Waals surface area contributed by atoms with Crippen LogP contribution in [0.25, 0.3) is 15.9 Å². The van der Waals surface area contributed by atoms with Crippen LogP contribution in [0.15, 0.2) is 59.3 Å². The van der Waals surface area contributed by atoms with E-state index in [4.69, 9.17) is 0 Å². The quantitative estimate of drug-likeness (QED) is 0.313. The number of aromatic nitrogens is 3. The van der Waals surface area contributed by atoms with Crippen LogP contribution in [0, 0.1) is 0 Å². The highest BCUT2D eigenvalue weighted by Gasteiger charge is 2.04. The van der Waals surface area contributed by atoms with Crippen LogP contribution < -0.4 is 10.6 Å². The molecule has 1 aromatic carbocycles. The number of aryl methyl sites for hydroxylation is 1. The van der Waals surface area contributed by atoms with E-state index in [1.54, 1.807) is 18.4 Å². The number of fused-ring (bicyclic) bond motifs is 2. The van der Waals surface area contributed by atoms with Crippen LogP contribution in [0.2, 0.25) is 0 Å². The standard InChI is InChI=1S/C19H22N6S/c1-20-18(22-13-16-14-25-11-12-26-19(25)23-16)21-8-4-9-24-10-7-15-5-2-3-6-17(15)24/h2-3,5-7,10-12,14H,4,8-9,13H2,1H3,(H2,20,21,22). The number of guanidine groups is 1. The van der Waals surface area contributed by atoms with Gasteiger partial charge in [0.25, 0.3) is 0 Å². The summed E-state index contributed by atoms with van der Waals surface area (Å²) in [6.07, 6.45) is 7.25. The smallest absolute Gasteiger partial charge is 0.193 e. The van der Waals surface area contributed by atoms with E-state index in [2.05, 4.69) is 61.7 Å². The van der Waals surface area contributed by atoms with Gasteiger partial charge < -0.3 is 15.2 Å². The van der Waals surface area contributed by atoms with E-state index >= 15 is 0 Å². The van der Waals surface area contributed by atoms with E-state index < -0.39 is 0 Å². The van der Waals surface area contributed by atoms with Gasteiger partial charge in [-0.1, -0.05) is 18.2 Å². The maximum atomic E-state index is 4.57. The average molecular weight is 366 g/mol. The monoisotopic (exact) mass is 366 g/mol. The van der Waals surface area contributed by atoms with Crippen molar-refractivity contribution in [3.8, 4) is 0 Å². The van der Waals surface area contributed by atoms with Crippen molar-refractivity contribution in [1.29, 1.82) is 0 Å². The molecule has 0 saturated heterocycles. The van der Waals surface area contributed by atoms with Crippen LogP contribution in [0.3, 0.4) is 0 Å². The van der Waals surface area contributed by atoms with Crippen molar-refractivity contribution >= 4 is 33.2 Å². The highest BCUT2D eigenvalue weighted by Crippen LogP contribution is 2.15. The Labute approximate surface area is 156 Å². The van der Waals surface area contributed by atoms with E-state index in [9.17, 15) is 0 Å². The van der Waals surface area contributed by atoms with E-state index in [1.807, 2.05) is 22.2 Å². The maximum Gasteiger partial charge on any atom is 0.193 e. The van der Waals surface area contributed by atoms with Gasteiger partial charge in [0.05, 0.1) is 12.2 Å². The molecule has 3 aromatic heterocycles. The average Bonchev–Trinajstić information content (AvgIpc) is 3.36. The molecule has 3 heterocycles. The summed E-state index contributed by atoms with van der Waals surface area (Å²) in [5.74, 6) is 0.804. The predicted molar refractivity (Wildman–Crippen MR) is 108 cm³/mol. The molecule has 26 heavy (non-hydrogen) atoms. The number of imidazole rings is 1. The van der Waals surface area contributed by atoms with Crippen molar-refractivity contribution in [1.82, 2.24) is 24.6 Å². The lowest BCUT2D eigenvalue weighted by Crippen LogP contribution is -2.37. The third kappa shape index (κ3) is 3.57. The number of hydrogen-bond donors (Lipinski definition) is 2. The number of rotatable bonds is 6. The maximum absolute atomic E-state index is 4.57. The van der Waals surface area contributed by atoms with Gasteiger partial charge in [-0.25, -0.2) is 4.98 Å². The number of nitrogens with zero attached hydrogens (tertiary/aromatic N) is 4. The van der Waals surface area contributed by atoms with Crippen molar-refractivity contribution < 1.29 is 0 Å². The van der Waals surface area contributed by atoms with Gasteiger partial charge in [-0.15, -0.1) is 11.3 Å². The summed E-state index contributed by atoms with van der Waals surface area (Å²) in [6.45, 7) is 2.51. The van der Waals surface area contributed by atoms with Gasteiger partial charge in [-0.05, 0) is 23.9 Å². The molecule has 0 unspecified atom stereocenters. The third-order valence-electron chi connectivity index (χ3n) is 4.35. The van der Waals surface area contributed by atoms with E-state index in [1.165, 1.54) is 10.9 Å². The summed E-state index contributed by atoms with van der Waals surface area (Å²) < 4.78 is 4.34. The minimum absolute atomic E-state index is 0.663. The van der Waals surface area contributed by atoms with Gasteiger partial charge in [0.15, 0.2) is 10.9 Å². The highest BCUT2D eigenvalue weighted by molar-refractivity contribution is 7.15. The lowest BCUT2D eigenvalue weighted by Gasteiger charge is -2.11. The summed E-state index contributed by atoms with van der Waals surface area (Å²) in [7, 11) is 1.79. The molecule has 7 heteroatoms. The molecule has 0 bridgehead atoms. The second-order valence-electron chi connectivity index (χ2n) is 6.10. The number of thiazole rings is 1. The van der Waals surface area contributed by atoms with Crippen LogP contribution in [-0.4, -0.2) is 33.5 Å². The number of para-hydroxylation sites is 1. The Morgan fingerprint density at radius 2 is 2.12 bits per heavy atom. The van der Waals surface area contributed by atoms with Gasteiger partial charge in [0.1, 0.15) is 0 Å². The molecule has 2 N–H and O–H groups in total. The zero-order chi connectivity index (χ0) is 17.8. The molecule has 0 saturated carbocycles. The van der Waals surface area contributed by atoms with Gasteiger partial charge in [0.2, 0.25) is 0 Å². The van der Waals surface area contributed by atoms with Crippen molar-refractivity contribution in [2.45, 2.75) is 19.5 Å². The number of aliphatic imine (C=N–C) groups is 1. The molecular formula is C19H22N6S. The van der Waals surface area contributed by atoms with Crippen LogP contribution in [0.5, 0.6) is 0 Å². The summed E-state index contributed by atoms with van der Waals surface area (Å²) >= 11 is 1.64. The Morgan fingerprint density at radius 1 is 1.19 bits per heavy atom. The Balaban J connectivity index is 1.24. The fraction of sp³-hybridized carbons (Fsp3) is 0.263. The Morgan fingerprint density at radius 3 is 3.00 bits per heavy atom. The van der Waals surface area contributed by atoms with Crippen LogP contribution in [0.4, 0.5) is 0 Å². The Hall–Kier alpha value is -2.80. The van der Waals surface area contributed by atoms with Crippen molar-refractivity contribution in [2.24, 2.45) is 4.99 Å². The van der Waals surface area contributed by atoms with Crippen LogP contribution in [-0.2, 0) is 13.1 Å². The highest BCUT2D eigenvalue weighted by atomic mass is 32.1. The first kappa shape index (κ1) is 16.7. The summed E-state index contributed by atoms with van der Waals surface area (Å²) in [4.78, 5) is 9.87. The molecule has 0 amide bonds. The molecule has 4 rings (SSSR count). The molecule has 0 radical (unpaired) electrons. The second-order valence-corrected chi connectivity index (χ2v) is 6.97. The molecule has 0 aliphatic rings. The van der Waals surface area contributed by atoms with Crippen molar-refractivity contribution in [2.75, 3.05) is 13.6 Å². The summed E-state index contributed by atoms with van der Waals surface area (Å²) in [6, 6.07) is 10.6. The number of benzene rings is 1. The first-order valence-corrected chi connectivity index (χ1v) is 9.61. The summed E-state index contributed by atoms with van der Waals surface area (Å²) in [5, 5.41) is 10.0. The van der Waals surface area contributed by atoms with E-state index in [0.29, 0.717) is 6.54 Å². The lowest BCUT2D eigenvalue weighted by atomic mass is 10.2. The second kappa shape index (κ2) is 7.61. The fourth-order valence-electron chi connectivity index (χ4n) is 3.05. The molecule has 134 valence electrons. The Bertz CT molecular complexity index is 996. The molecule has 6 nitrogen and oxygen atoms in total. The zero-order valence-electron chi connectivity index (χ0n) is 14.7. The van der Waals surface area contributed by atoms with Crippen molar-refractivity contribution in [3.05, 3.63) is 60.0 Å². The summed E-state index contributed by atoms with van der Waals surface area (Å²) in [5.41, 5.74) is 2.30. The first-order chi connectivity index (χ1) is 12.8. The predicted octanol–water partition coefficient (Wildman–Crippen LogP) is 3.11. The topological polar surface area (TPSA) is 58.7 Å². The van der Waals surface area contributed by atoms with E-state index in [-0.39, 0.29) is 0 Å². The molecular weight excluding hydrogens is 344 g/mol. The molecule has 0 atom stereocenters. The molecule has 0 aliphatic heterocycles. The van der Waals surface area contributed by atoms with E-state index in [0.717, 1.165) is 36.1 Å². The molecule has 0 spiro atoms. The zero-order valence-corrected chi connectivity index (χ0v) is 15.5. The van der Waals surface area contributed by atoms with Gasteiger partial charge in [0, 0.05) is 49.6 Å². The van der Waals surface area contributed by atoms with Crippen LogP contribution in [0.1, 0.15) is 12.1 Å². The normalized spacial score (nSPS) is 12.1. The van der Waals surface area contributed by atoms with Gasteiger partial charge in [-0.2, -0.15) is 0 Å². The third-order valence-corrected chi connectivity index (χ3v) is 5.12. The largest absolute Gasteiger partial charge is 0.356 e. The van der Waals surface area contributed by atoms with Crippen LogP contribution >= 0.6 is 11.3 Å².